The van der Waals surface area contributed by atoms with Gasteiger partial charge in [-0.2, -0.15) is 4.67 Å². The minimum atomic E-state index is -4.52. The summed E-state index contributed by atoms with van der Waals surface area (Å²) < 4.78 is 91.6. The third-order valence-electron chi connectivity index (χ3n) is 17.8. The molecule has 7 atom stereocenters. The maximum atomic E-state index is 16.5. The van der Waals surface area contributed by atoms with E-state index in [4.69, 9.17) is 27.1 Å². The molecule has 12 nitrogen and oxygen atoms in total. The van der Waals surface area contributed by atoms with Crippen LogP contribution in [0.3, 0.4) is 0 Å². The van der Waals surface area contributed by atoms with Crippen LogP contribution in [0.5, 0.6) is 46.0 Å². The van der Waals surface area contributed by atoms with Gasteiger partial charge in [-0.3, -0.25) is 0 Å². The molecule has 7 unspecified atom stereocenters. The largest absolute Gasteiger partial charge is 0.515 e. The highest BCUT2D eigenvalue weighted by Gasteiger charge is 2.46. The summed E-state index contributed by atoms with van der Waals surface area (Å²) >= 11 is 0. The minimum absolute atomic E-state index is 0.146. The molecule has 0 saturated carbocycles. The van der Waals surface area contributed by atoms with Gasteiger partial charge in [0.1, 0.15) is 46.0 Å². The Morgan fingerprint density at radius 1 is 0.315 bits per heavy atom. The molecule has 2 N–H and O–H groups in total. The molecule has 1 aliphatic carbocycles. The highest BCUT2D eigenvalue weighted by Crippen LogP contribution is 2.64. The van der Waals surface area contributed by atoms with Crippen LogP contribution in [0.15, 0.2) is 231 Å². The van der Waals surface area contributed by atoms with Crippen LogP contribution >= 0.6 is 22.9 Å². The second-order valence-electron chi connectivity index (χ2n) is 23.6. The third kappa shape index (κ3) is 11.4. The molecule has 0 spiro atoms. The fraction of sp³-hybridized carbons (Fsp3) is 0.189. The van der Waals surface area contributed by atoms with Gasteiger partial charge in [-0.05, 0) is 136 Å². The summed E-state index contributed by atoms with van der Waals surface area (Å²) in [6.07, 6.45) is 4.14. The molecule has 14 rings (SSSR count). The van der Waals surface area contributed by atoms with E-state index in [1.54, 1.807) is 86.9 Å². The zero-order valence-electron chi connectivity index (χ0n) is 49.3. The average molecular weight is 1240 g/mol. The van der Waals surface area contributed by atoms with E-state index >= 15 is 13.7 Å². The number of phenolic OH excluding ortho intramolecular Hbond substituents is 2. The van der Waals surface area contributed by atoms with Crippen LogP contribution in [0.4, 0.5) is 0 Å². The standard InChI is InChI=1S/C74H66NO11P3/c1-75(2)89(80)85-70-46-68(77)60-42-62(70)57(39-35-51-25-13-5-14-26-51)66-44-65-58(40-36-52-27-15-6-16-28-52)64-43-63-56(38-34-50-23-11-4-12-24-50)61-41-59(55(60)37-33-49-21-9-3-10-22-49)67(76)45-69(61)81-87(78,53-29-17-7-18-30-53)82-71(63)47-72(64)83-88(79,54-31-19-8-20-32-54)84-73(65)48-74(66)86-89/h3-32,41-48,55-58,76-77H,33-40H2,1-2H3. The van der Waals surface area contributed by atoms with Gasteiger partial charge in [0.05, 0.1) is 10.6 Å². The van der Waals surface area contributed by atoms with Crippen molar-refractivity contribution in [1.29, 1.82) is 0 Å². The molecule has 3 aliphatic heterocycles. The van der Waals surface area contributed by atoms with Crippen molar-refractivity contribution in [3.8, 4) is 46.0 Å². The molecule has 10 aromatic rings. The lowest BCUT2D eigenvalue weighted by atomic mass is 9.76. The SMILES string of the molecule is CN(C)P1(=O)Oc2cc(O)c3cc2C(CCc2ccccc2)c2cc4c(cc2O1)OP(=O)(c1ccccc1)Oc1cc2c(cc1C4CCc1ccccc1)C(CCc1ccccc1)c1cc(c(O)cc1OP(=O)(c1ccccc1)O2)C3CCc1ccccc1. The number of aromatic hydroxyl groups is 2. The fourth-order valence-corrected chi connectivity index (χ4v) is 17.6. The highest BCUT2D eigenvalue weighted by molar-refractivity contribution is 7.63. The monoisotopic (exact) mass is 1240 g/mol. The molecule has 4 aliphatic rings. The van der Waals surface area contributed by atoms with E-state index in [0.29, 0.717) is 95.9 Å². The van der Waals surface area contributed by atoms with Crippen molar-refractivity contribution in [3.05, 3.63) is 297 Å². The Bertz CT molecular complexity index is 4400. The number of phenols is 2. The van der Waals surface area contributed by atoms with Crippen LogP contribution in [-0.2, 0) is 39.4 Å². The molecule has 0 amide bonds. The topological polar surface area (TPSA) is 150 Å². The molecule has 0 radical (unpaired) electrons. The second-order valence-corrected chi connectivity index (χ2v) is 29.4. The molecule has 0 fully saturated rings. The van der Waals surface area contributed by atoms with Crippen LogP contribution in [0.25, 0.3) is 0 Å². The Balaban J connectivity index is 1.13. The quantitative estimate of drug-likeness (QED) is 0.0941. The summed E-state index contributed by atoms with van der Waals surface area (Å²) in [5.41, 5.74) is 9.18. The Hall–Kier alpha value is -8.75. The molecular weight excluding hydrogens is 1170 g/mol. The van der Waals surface area contributed by atoms with Gasteiger partial charge in [0.2, 0.25) is 0 Å². The summed E-state index contributed by atoms with van der Waals surface area (Å²) in [5, 5.41) is 26.4. The highest BCUT2D eigenvalue weighted by atomic mass is 31.2. The molecule has 8 bridgehead atoms. The van der Waals surface area contributed by atoms with Gasteiger partial charge in [-0.15, -0.1) is 0 Å². The van der Waals surface area contributed by atoms with Crippen molar-refractivity contribution in [3.63, 3.8) is 0 Å². The predicted octanol–water partition coefficient (Wildman–Crippen LogP) is 17.5. The van der Waals surface area contributed by atoms with Crippen molar-refractivity contribution < 1.29 is 51.1 Å². The van der Waals surface area contributed by atoms with Gasteiger partial charge in [-0.1, -0.05) is 158 Å². The van der Waals surface area contributed by atoms with Gasteiger partial charge >= 0.3 is 22.9 Å². The van der Waals surface area contributed by atoms with Crippen LogP contribution in [0.1, 0.15) is 116 Å². The zero-order valence-corrected chi connectivity index (χ0v) is 51.9. The van der Waals surface area contributed by atoms with Crippen LogP contribution in [0.2, 0.25) is 0 Å². The van der Waals surface area contributed by atoms with Crippen LogP contribution in [0, 0.1) is 0 Å². The summed E-state index contributed by atoms with van der Waals surface area (Å²) in [5.74, 6) is -1.68. The van der Waals surface area contributed by atoms with E-state index in [2.05, 4.69) is 60.7 Å². The molecule has 3 heterocycles. The number of hydrogen-bond acceptors (Lipinski definition) is 11. The Labute approximate surface area is 519 Å². The van der Waals surface area contributed by atoms with Crippen molar-refractivity contribution in [2.45, 2.75) is 75.0 Å². The van der Waals surface area contributed by atoms with Crippen molar-refractivity contribution in [1.82, 2.24) is 4.67 Å². The number of hydrogen-bond donors (Lipinski definition) is 2. The molecule has 0 saturated heterocycles. The van der Waals surface area contributed by atoms with Gasteiger partial charge < -0.3 is 37.4 Å². The lowest BCUT2D eigenvalue weighted by Gasteiger charge is -2.37. The predicted molar refractivity (Wildman–Crippen MR) is 348 cm³/mol. The average Bonchev–Trinajstić information content (AvgIpc) is 0.776. The normalized spacial score (nSPS) is 21.8. The summed E-state index contributed by atoms with van der Waals surface area (Å²) in [6, 6.07) is 72.9. The molecule has 10 aromatic carbocycles. The number of nitrogens with zero attached hydrogens (tertiary/aromatic N) is 1. The van der Waals surface area contributed by atoms with Gasteiger partial charge in [0.15, 0.2) is 0 Å². The maximum Gasteiger partial charge on any atom is 0.515 e. The number of rotatable bonds is 15. The van der Waals surface area contributed by atoms with Gasteiger partial charge in [-0.25, -0.2) is 13.7 Å². The molecular formula is C74H66NO11P3. The van der Waals surface area contributed by atoms with E-state index in [1.165, 1.54) is 4.67 Å². The van der Waals surface area contributed by atoms with E-state index in [0.717, 1.165) is 22.3 Å². The number of benzene rings is 10. The molecule has 0 aromatic heterocycles. The summed E-state index contributed by atoms with van der Waals surface area (Å²) in [6.45, 7) is 0. The minimum Gasteiger partial charge on any atom is -0.508 e. The van der Waals surface area contributed by atoms with Gasteiger partial charge in [0, 0.05) is 92.4 Å². The molecule has 15 heteroatoms. The van der Waals surface area contributed by atoms with E-state index < -0.39 is 46.6 Å². The number of aryl methyl sites for hydroxylation is 4. The first kappa shape index (κ1) is 58.0. The third-order valence-corrected chi connectivity index (χ3v) is 23.2. The summed E-state index contributed by atoms with van der Waals surface area (Å²) in [7, 11) is -10.1. The van der Waals surface area contributed by atoms with E-state index in [1.807, 2.05) is 97.1 Å². The molecule has 89 heavy (non-hydrogen) atoms. The van der Waals surface area contributed by atoms with Crippen LogP contribution in [-0.4, -0.2) is 29.0 Å². The first-order valence-electron chi connectivity index (χ1n) is 30.3. The maximum absolute atomic E-state index is 16.5. The lowest BCUT2D eigenvalue weighted by molar-refractivity contribution is 0.316. The first-order chi connectivity index (χ1) is 43.3. The van der Waals surface area contributed by atoms with Gasteiger partial charge in [0.25, 0.3) is 0 Å². The molecule has 448 valence electrons. The second kappa shape index (κ2) is 24.0. The van der Waals surface area contributed by atoms with Crippen molar-refractivity contribution in [2.75, 3.05) is 14.1 Å². The van der Waals surface area contributed by atoms with Crippen LogP contribution < -0.4 is 37.8 Å². The Kier molecular flexibility index (Phi) is 15.6. The lowest BCUT2D eigenvalue weighted by Crippen LogP contribution is -2.23. The Morgan fingerprint density at radius 3 is 0.843 bits per heavy atom. The van der Waals surface area contributed by atoms with Crippen molar-refractivity contribution in [2.24, 2.45) is 0 Å². The zero-order chi connectivity index (χ0) is 60.9. The number of fused-ring (bicyclic) bond motifs is 2. The smallest absolute Gasteiger partial charge is 0.508 e. The fourth-order valence-electron chi connectivity index (χ4n) is 13.2. The summed E-state index contributed by atoms with van der Waals surface area (Å²) in [4.78, 5) is 0. The van der Waals surface area contributed by atoms with Crippen molar-refractivity contribution >= 4 is 33.5 Å². The first-order valence-corrected chi connectivity index (χ1v) is 34.9. The van der Waals surface area contributed by atoms with E-state index in [-0.39, 0.29) is 56.6 Å². The Morgan fingerprint density at radius 2 is 0.551 bits per heavy atom. The van der Waals surface area contributed by atoms with E-state index in [9.17, 15) is 10.2 Å².